The summed E-state index contributed by atoms with van der Waals surface area (Å²) in [5.41, 5.74) is 8.80. The number of esters is 1. The van der Waals surface area contributed by atoms with Gasteiger partial charge in [0.25, 0.3) is 0 Å². The molecule has 4 aromatic carbocycles. The largest absolute Gasteiger partial charge is 0.423 e. The van der Waals surface area contributed by atoms with E-state index in [-0.39, 0.29) is 11.2 Å². The van der Waals surface area contributed by atoms with Crippen LogP contribution in [0.1, 0.15) is 32.3 Å². The molecule has 0 saturated carbocycles. The predicted octanol–water partition coefficient (Wildman–Crippen LogP) is 5.86. The second kappa shape index (κ2) is 10.4. The number of benzene rings is 4. The molecule has 35 heavy (non-hydrogen) atoms. The van der Waals surface area contributed by atoms with Gasteiger partial charge in [-0.3, -0.25) is 4.79 Å². The van der Waals surface area contributed by atoms with E-state index in [9.17, 15) is 9.59 Å². The Morgan fingerprint density at radius 2 is 1.40 bits per heavy atom. The molecule has 0 radical (unpaired) electrons. The number of hydrogen-bond donors (Lipinski definition) is 1. The van der Waals surface area contributed by atoms with Crippen LogP contribution < -0.4 is 10.2 Å². The van der Waals surface area contributed by atoms with Crippen molar-refractivity contribution in [3.8, 4) is 16.9 Å². The van der Waals surface area contributed by atoms with Crippen LogP contribution in [-0.4, -0.2) is 23.8 Å². The molecule has 0 spiro atoms. The quantitative estimate of drug-likeness (QED) is 0.156. The minimum atomic E-state index is -0.413. The Labute approximate surface area is 207 Å². The Morgan fingerprint density at radius 1 is 0.800 bits per heavy atom. The number of hydrazone groups is 1. The first-order valence-corrected chi connectivity index (χ1v) is 12.2. The van der Waals surface area contributed by atoms with Crippen LogP contribution in [0, 0.1) is 0 Å². The van der Waals surface area contributed by atoms with E-state index in [1.54, 1.807) is 66.5 Å². The number of rotatable bonds is 7. The Bertz CT molecular complexity index is 1340. The van der Waals surface area contributed by atoms with Crippen molar-refractivity contribution in [2.45, 2.75) is 5.25 Å². The number of ether oxygens (including phenoxy) is 1. The number of carbonyl (C=O) groups is 2. The molecule has 0 unspecified atom stereocenters. The summed E-state index contributed by atoms with van der Waals surface area (Å²) in [4.78, 5) is 24.6. The van der Waals surface area contributed by atoms with Crippen molar-refractivity contribution < 1.29 is 14.3 Å². The van der Waals surface area contributed by atoms with E-state index in [0.29, 0.717) is 17.1 Å². The van der Waals surface area contributed by atoms with E-state index in [0.717, 1.165) is 5.56 Å². The van der Waals surface area contributed by atoms with Gasteiger partial charge in [0.15, 0.2) is 0 Å². The maximum atomic E-state index is 12.4. The highest BCUT2D eigenvalue weighted by atomic mass is 32.2. The molecular formula is C29H22N2O3S. The van der Waals surface area contributed by atoms with Crippen molar-refractivity contribution in [3.05, 3.63) is 125 Å². The highest BCUT2D eigenvalue weighted by Crippen LogP contribution is 2.49. The van der Waals surface area contributed by atoms with Gasteiger partial charge in [-0.1, -0.05) is 66.7 Å². The molecule has 5 nitrogen and oxygen atoms in total. The van der Waals surface area contributed by atoms with Crippen LogP contribution in [0.4, 0.5) is 0 Å². The molecule has 0 heterocycles. The third kappa shape index (κ3) is 5.18. The van der Waals surface area contributed by atoms with E-state index in [2.05, 4.69) is 34.8 Å². The van der Waals surface area contributed by atoms with Crippen LogP contribution in [0.2, 0.25) is 0 Å². The minimum absolute atomic E-state index is 0.128. The van der Waals surface area contributed by atoms with Crippen molar-refractivity contribution in [2.24, 2.45) is 5.10 Å². The second-order valence-corrected chi connectivity index (χ2v) is 9.08. The van der Waals surface area contributed by atoms with E-state index in [4.69, 9.17) is 4.74 Å². The summed E-state index contributed by atoms with van der Waals surface area (Å²) in [5.74, 6) is 0.151. The van der Waals surface area contributed by atoms with Gasteiger partial charge >= 0.3 is 5.97 Å². The molecule has 0 aliphatic heterocycles. The minimum Gasteiger partial charge on any atom is -0.423 e. The van der Waals surface area contributed by atoms with Gasteiger partial charge in [0.2, 0.25) is 5.91 Å². The van der Waals surface area contributed by atoms with Gasteiger partial charge in [0.1, 0.15) is 5.75 Å². The lowest BCUT2D eigenvalue weighted by Crippen LogP contribution is -2.20. The van der Waals surface area contributed by atoms with Crippen LogP contribution in [-0.2, 0) is 4.79 Å². The van der Waals surface area contributed by atoms with Gasteiger partial charge < -0.3 is 4.74 Å². The number of nitrogens with zero attached hydrogens (tertiary/aromatic N) is 1. The number of thioether (sulfide) groups is 1. The van der Waals surface area contributed by atoms with Gasteiger partial charge in [0, 0.05) is 0 Å². The molecule has 5 rings (SSSR count). The van der Waals surface area contributed by atoms with Crippen LogP contribution in [0.5, 0.6) is 5.75 Å². The first-order valence-electron chi connectivity index (χ1n) is 11.2. The number of amides is 1. The molecule has 1 aliphatic carbocycles. The van der Waals surface area contributed by atoms with Crippen molar-refractivity contribution in [3.63, 3.8) is 0 Å². The molecule has 1 N–H and O–H groups in total. The number of carbonyl (C=O) groups excluding carboxylic acids is 2. The predicted molar refractivity (Wildman–Crippen MR) is 140 cm³/mol. The standard InChI is InChI=1S/C29H22N2O3S/c32-27(19-35-28-25-12-6-4-10-23(25)24-11-5-7-13-26(24)28)31-30-18-20-14-16-22(17-15-20)34-29(33)21-8-2-1-3-9-21/h1-18,28H,19H2,(H,31,32)/b30-18-. The monoisotopic (exact) mass is 478 g/mol. The maximum absolute atomic E-state index is 12.4. The van der Waals surface area contributed by atoms with Crippen molar-refractivity contribution >= 4 is 29.9 Å². The average Bonchev–Trinajstić information content (AvgIpc) is 3.22. The van der Waals surface area contributed by atoms with Gasteiger partial charge in [-0.15, -0.1) is 11.8 Å². The molecule has 1 aliphatic rings. The Hall–Kier alpha value is -4.16. The molecule has 0 bridgehead atoms. The smallest absolute Gasteiger partial charge is 0.343 e. The summed E-state index contributed by atoms with van der Waals surface area (Å²) < 4.78 is 5.37. The zero-order valence-electron chi connectivity index (χ0n) is 18.8. The Balaban J connectivity index is 1.14. The Kier molecular flexibility index (Phi) is 6.73. The molecule has 0 aromatic heterocycles. The molecular weight excluding hydrogens is 456 g/mol. The fourth-order valence-electron chi connectivity index (χ4n) is 4.02. The van der Waals surface area contributed by atoms with Crippen molar-refractivity contribution in [1.29, 1.82) is 0 Å². The number of hydrogen-bond acceptors (Lipinski definition) is 5. The van der Waals surface area contributed by atoms with Crippen LogP contribution in [0.3, 0.4) is 0 Å². The first-order chi connectivity index (χ1) is 17.2. The van der Waals surface area contributed by atoms with E-state index in [1.807, 2.05) is 30.3 Å². The molecule has 4 aromatic rings. The van der Waals surface area contributed by atoms with Gasteiger partial charge in [-0.25, -0.2) is 10.2 Å². The fourth-order valence-corrected chi connectivity index (χ4v) is 5.17. The fraction of sp³-hybridized carbons (Fsp3) is 0.0690. The summed E-state index contributed by atoms with van der Waals surface area (Å²) in [5, 5.41) is 4.20. The third-order valence-electron chi connectivity index (χ3n) is 5.66. The highest BCUT2D eigenvalue weighted by molar-refractivity contribution is 8.00. The topological polar surface area (TPSA) is 67.8 Å². The molecule has 6 heteroatoms. The summed E-state index contributed by atoms with van der Waals surface area (Å²) in [7, 11) is 0. The Morgan fingerprint density at radius 3 is 2.06 bits per heavy atom. The maximum Gasteiger partial charge on any atom is 0.343 e. The zero-order chi connectivity index (χ0) is 24.0. The van der Waals surface area contributed by atoms with E-state index < -0.39 is 5.97 Å². The number of fused-ring (bicyclic) bond motifs is 3. The average molecular weight is 479 g/mol. The van der Waals surface area contributed by atoms with Gasteiger partial charge in [-0.05, 0) is 64.2 Å². The lowest BCUT2D eigenvalue weighted by molar-refractivity contribution is -0.118. The van der Waals surface area contributed by atoms with Crippen LogP contribution in [0.15, 0.2) is 108 Å². The highest BCUT2D eigenvalue weighted by Gasteiger charge is 2.28. The molecule has 1 amide bonds. The lowest BCUT2D eigenvalue weighted by Gasteiger charge is -2.12. The summed E-state index contributed by atoms with van der Waals surface area (Å²) in [6.45, 7) is 0. The summed E-state index contributed by atoms with van der Waals surface area (Å²) in [6.07, 6.45) is 1.56. The van der Waals surface area contributed by atoms with Gasteiger partial charge in [0.05, 0.1) is 22.8 Å². The van der Waals surface area contributed by atoms with Crippen molar-refractivity contribution in [2.75, 3.05) is 5.75 Å². The third-order valence-corrected chi connectivity index (χ3v) is 6.93. The summed E-state index contributed by atoms with van der Waals surface area (Å²) in [6, 6.07) is 32.4. The SMILES string of the molecule is O=C(CSC1c2ccccc2-c2ccccc21)N/N=C\c1ccc(OC(=O)c2ccccc2)cc1. The zero-order valence-corrected chi connectivity index (χ0v) is 19.6. The normalized spacial score (nSPS) is 12.2. The molecule has 0 fully saturated rings. The van der Waals surface area contributed by atoms with Crippen molar-refractivity contribution in [1.82, 2.24) is 5.43 Å². The summed E-state index contributed by atoms with van der Waals surface area (Å²) >= 11 is 1.60. The van der Waals surface area contributed by atoms with Gasteiger partial charge in [-0.2, -0.15) is 5.10 Å². The molecule has 0 atom stereocenters. The second-order valence-electron chi connectivity index (χ2n) is 7.98. The van der Waals surface area contributed by atoms with E-state index >= 15 is 0 Å². The number of nitrogens with one attached hydrogen (secondary N) is 1. The first kappa shape index (κ1) is 22.6. The molecule has 172 valence electrons. The lowest BCUT2D eigenvalue weighted by atomic mass is 10.1. The van der Waals surface area contributed by atoms with E-state index in [1.165, 1.54) is 22.3 Å². The molecule has 0 saturated heterocycles. The van der Waals surface area contributed by atoms with Crippen LogP contribution in [0.25, 0.3) is 11.1 Å². The van der Waals surface area contributed by atoms with Crippen LogP contribution >= 0.6 is 11.8 Å².